The van der Waals surface area contributed by atoms with Gasteiger partial charge in [-0.25, -0.2) is 4.52 Å². The number of fused-ring (bicyclic) bond motifs is 1. The molecule has 1 aliphatic heterocycles. The van der Waals surface area contributed by atoms with Crippen LogP contribution in [0.2, 0.25) is 5.02 Å². The minimum absolute atomic E-state index is 0. The molecule has 1 aliphatic rings. The van der Waals surface area contributed by atoms with Gasteiger partial charge in [0.25, 0.3) is 5.56 Å². The average Bonchev–Trinajstić information content (AvgIpc) is 2.80. The van der Waals surface area contributed by atoms with E-state index in [1.165, 1.54) is 0 Å². The normalized spacial score (nSPS) is 17.0. The van der Waals surface area contributed by atoms with Crippen LogP contribution in [0, 0.1) is 0 Å². The Labute approximate surface area is 137 Å². The third kappa shape index (κ3) is 2.22. The van der Waals surface area contributed by atoms with E-state index in [0.717, 1.165) is 24.5 Å². The first-order chi connectivity index (χ1) is 10.3. The molecule has 5 nitrogen and oxygen atoms in total. The number of benzene rings is 1. The van der Waals surface area contributed by atoms with Crippen LogP contribution in [-0.2, 0) is 0 Å². The van der Waals surface area contributed by atoms with Crippen LogP contribution in [0.15, 0.2) is 47.4 Å². The van der Waals surface area contributed by atoms with Crippen molar-refractivity contribution >= 4 is 29.5 Å². The summed E-state index contributed by atoms with van der Waals surface area (Å²) in [7, 11) is 0. The molecule has 0 radical (unpaired) electrons. The molecular formula is C15H14Cl2N4O. The molecule has 0 saturated carbocycles. The lowest BCUT2D eigenvalue weighted by Crippen LogP contribution is -2.40. The highest BCUT2D eigenvalue weighted by molar-refractivity contribution is 6.33. The molecular weight excluding hydrogens is 323 g/mol. The zero-order valence-electron chi connectivity index (χ0n) is 11.6. The smallest absolute Gasteiger partial charge is 0.284 e. The Balaban J connectivity index is 0.00000144. The van der Waals surface area contributed by atoms with Gasteiger partial charge in [-0.2, -0.15) is 5.10 Å². The molecule has 1 fully saturated rings. The summed E-state index contributed by atoms with van der Waals surface area (Å²) in [5.41, 5.74) is 1.07. The molecule has 0 bridgehead atoms. The first-order valence-electron chi connectivity index (χ1n) is 6.84. The number of para-hydroxylation sites is 1. The van der Waals surface area contributed by atoms with E-state index in [9.17, 15) is 4.79 Å². The maximum absolute atomic E-state index is 12.9. The molecule has 1 unspecified atom stereocenters. The quantitative estimate of drug-likeness (QED) is 0.782. The van der Waals surface area contributed by atoms with Gasteiger partial charge in [0.1, 0.15) is 5.52 Å². The fourth-order valence-electron chi connectivity index (χ4n) is 2.61. The highest BCUT2D eigenvalue weighted by Gasteiger charge is 2.26. The van der Waals surface area contributed by atoms with E-state index in [0.29, 0.717) is 10.5 Å². The van der Waals surface area contributed by atoms with E-state index in [1.807, 2.05) is 30.3 Å². The number of aromatic nitrogens is 3. The van der Waals surface area contributed by atoms with Crippen LogP contribution in [0.5, 0.6) is 0 Å². The molecule has 1 N–H and O–H groups in total. The molecule has 0 amide bonds. The third-order valence-electron chi connectivity index (χ3n) is 3.81. The zero-order valence-corrected chi connectivity index (χ0v) is 13.1. The molecule has 1 saturated heterocycles. The van der Waals surface area contributed by atoms with Gasteiger partial charge in [-0.15, -0.1) is 12.4 Å². The van der Waals surface area contributed by atoms with Gasteiger partial charge < -0.3 is 5.32 Å². The summed E-state index contributed by atoms with van der Waals surface area (Å²) in [5, 5.41) is 8.31. The second-order valence-corrected chi connectivity index (χ2v) is 5.49. The molecule has 0 spiro atoms. The highest BCUT2D eigenvalue weighted by atomic mass is 35.5. The van der Waals surface area contributed by atoms with Crippen molar-refractivity contribution in [1.82, 2.24) is 19.5 Å². The van der Waals surface area contributed by atoms with Crippen molar-refractivity contribution in [3.63, 3.8) is 0 Å². The van der Waals surface area contributed by atoms with Gasteiger partial charge in [-0.3, -0.25) is 9.36 Å². The Morgan fingerprint density at radius 2 is 1.95 bits per heavy atom. The summed E-state index contributed by atoms with van der Waals surface area (Å²) in [4.78, 5) is 12.9. The summed E-state index contributed by atoms with van der Waals surface area (Å²) >= 11 is 6.13. The van der Waals surface area contributed by atoms with E-state index in [4.69, 9.17) is 11.6 Å². The minimum atomic E-state index is -0.144. The van der Waals surface area contributed by atoms with Gasteiger partial charge >= 0.3 is 0 Å². The van der Waals surface area contributed by atoms with Crippen LogP contribution in [0.25, 0.3) is 11.2 Å². The second kappa shape index (κ2) is 5.76. The van der Waals surface area contributed by atoms with Gasteiger partial charge in [-0.1, -0.05) is 29.8 Å². The Bertz CT molecular complexity index is 868. The molecule has 0 aliphatic carbocycles. The summed E-state index contributed by atoms with van der Waals surface area (Å²) in [6.45, 7) is 0.944. The predicted molar refractivity (Wildman–Crippen MR) is 88.4 cm³/mol. The fraction of sp³-hybridized carbons (Fsp3) is 0.200. The van der Waals surface area contributed by atoms with Gasteiger partial charge in [0.2, 0.25) is 0 Å². The maximum atomic E-state index is 12.9. The third-order valence-corrected chi connectivity index (χ3v) is 4.12. The molecule has 4 rings (SSSR count). The van der Waals surface area contributed by atoms with E-state index in [-0.39, 0.29) is 24.0 Å². The molecule has 3 aromatic rings. The number of nitrogens with one attached hydrogen (secondary N) is 1. The van der Waals surface area contributed by atoms with Crippen molar-refractivity contribution < 1.29 is 0 Å². The predicted octanol–water partition coefficient (Wildman–Crippen LogP) is 2.59. The lowest BCUT2D eigenvalue weighted by molar-refractivity contribution is 0.354. The lowest BCUT2D eigenvalue weighted by Gasteiger charge is -2.29. The Morgan fingerprint density at radius 1 is 1.23 bits per heavy atom. The molecule has 3 heterocycles. The van der Waals surface area contributed by atoms with E-state index < -0.39 is 0 Å². The van der Waals surface area contributed by atoms with E-state index in [2.05, 4.69) is 10.4 Å². The minimum Gasteiger partial charge on any atom is -0.307 e. The van der Waals surface area contributed by atoms with Crippen LogP contribution in [0.3, 0.4) is 0 Å². The Kier molecular flexibility index (Phi) is 3.95. The Hall–Kier alpha value is -1.82. The standard InChI is InChI=1S/C15H13ClN4O.ClH/c16-11-7-9-19-13(11)15(21)20(10-4-2-1-3-5-10)14(18-19)12-6-8-17-12;/h1-5,7,9,12,17H,6,8H2;1H. The first kappa shape index (κ1) is 15.1. The molecule has 2 aromatic heterocycles. The van der Waals surface area contributed by atoms with Gasteiger partial charge in [0.15, 0.2) is 5.82 Å². The average molecular weight is 337 g/mol. The summed E-state index contributed by atoms with van der Waals surface area (Å²) in [6, 6.07) is 11.3. The molecule has 1 atom stereocenters. The maximum Gasteiger partial charge on any atom is 0.284 e. The van der Waals surface area contributed by atoms with Crippen LogP contribution in [0.1, 0.15) is 18.3 Å². The monoisotopic (exact) mass is 336 g/mol. The molecule has 1 aromatic carbocycles. The second-order valence-electron chi connectivity index (χ2n) is 5.09. The van der Waals surface area contributed by atoms with Crippen LogP contribution < -0.4 is 10.9 Å². The number of halogens is 2. The van der Waals surface area contributed by atoms with E-state index in [1.54, 1.807) is 21.3 Å². The SMILES string of the molecule is Cl.O=c1c2c(Cl)ccn2nc(C2CCN2)n1-c1ccccc1. The van der Waals surface area contributed by atoms with Crippen LogP contribution in [0.4, 0.5) is 0 Å². The van der Waals surface area contributed by atoms with Crippen molar-refractivity contribution in [3.8, 4) is 5.69 Å². The zero-order chi connectivity index (χ0) is 14.4. The van der Waals surface area contributed by atoms with Crippen molar-refractivity contribution in [2.24, 2.45) is 0 Å². The van der Waals surface area contributed by atoms with Crippen molar-refractivity contribution in [2.75, 3.05) is 6.54 Å². The molecule has 114 valence electrons. The summed E-state index contributed by atoms with van der Waals surface area (Å²) < 4.78 is 3.22. The number of nitrogens with zero attached hydrogens (tertiary/aromatic N) is 3. The van der Waals surface area contributed by atoms with Gasteiger partial charge in [0, 0.05) is 6.20 Å². The summed E-state index contributed by atoms with van der Waals surface area (Å²) in [5.74, 6) is 0.720. The molecule has 7 heteroatoms. The topological polar surface area (TPSA) is 51.3 Å². The fourth-order valence-corrected chi connectivity index (χ4v) is 2.83. The van der Waals surface area contributed by atoms with Gasteiger partial charge in [-0.05, 0) is 31.2 Å². The first-order valence-corrected chi connectivity index (χ1v) is 7.22. The van der Waals surface area contributed by atoms with Crippen molar-refractivity contribution in [1.29, 1.82) is 0 Å². The van der Waals surface area contributed by atoms with Gasteiger partial charge in [0.05, 0.1) is 16.8 Å². The Morgan fingerprint density at radius 3 is 2.59 bits per heavy atom. The number of rotatable bonds is 2. The highest BCUT2D eigenvalue weighted by Crippen LogP contribution is 2.24. The van der Waals surface area contributed by atoms with Crippen molar-refractivity contribution in [2.45, 2.75) is 12.5 Å². The summed E-state index contributed by atoms with van der Waals surface area (Å²) in [6.07, 6.45) is 2.69. The van der Waals surface area contributed by atoms with Crippen LogP contribution >= 0.6 is 24.0 Å². The van der Waals surface area contributed by atoms with Crippen LogP contribution in [-0.4, -0.2) is 20.7 Å². The van der Waals surface area contributed by atoms with E-state index >= 15 is 0 Å². The molecule has 22 heavy (non-hydrogen) atoms. The number of hydrogen-bond donors (Lipinski definition) is 1. The number of hydrogen-bond acceptors (Lipinski definition) is 3. The lowest BCUT2D eigenvalue weighted by atomic mass is 10.1. The van der Waals surface area contributed by atoms with Crippen molar-refractivity contribution in [3.05, 3.63) is 63.8 Å². The largest absolute Gasteiger partial charge is 0.307 e.